The van der Waals surface area contributed by atoms with Gasteiger partial charge < -0.3 is 10.1 Å². The van der Waals surface area contributed by atoms with Crippen LogP contribution in [0.3, 0.4) is 0 Å². The first-order valence-electron chi connectivity index (χ1n) is 8.80. The maximum Gasteiger partial charge on any atom is 0.358 e. The fourth-order valence-corrected chi connectivity index (χ4v) is 4.59. The molecule has 1 fully saturated rings. The predicted molar refractivity (Wildman–Crippen MR) is 104 cm³/mol. The van der Waals surface area contributed by atoms with Gasteiger partial charge in [-0.25, -0.2) is 14.6 Å². The number of urea groups is 1. The van der Waals surface area contributed by atoms with E-state index in [-0.39, 0.29) is 11.7 Å². The van der Waals surface area contributed by atoms with E-state index in [1.807, 2.05) is 17.5 Å². The number of hydrogen-bond acceptors (Lipinski definition) is 7. The number of rotatable bonds is 5. The number of nitrogens with one attached hydrogen (secondary N) is 2. The number of carbonyl (C=O) groups is 3. The highest BCUT2D eigenvalue weighted by Gasteiger charge is 2.23. The van der Waals surface area contributed by atoms with E-state index >= 15 is 0 Å². The summed E-state index contributed by atoms with van der Waals surface area (Å²) in [5.41, 5.74) is 0.150. The second kappa shape index (κ2) is 9.09. The molecule has 2 aromatic heterocycles. The van der Waals surface area contributed by atoms with Crippen molar-refractivity contribution in [1.82, 2.24) is 15.6 Å². The van der Waals surface area contributed by atoms with Crippen LogP contribution in [0.4, 0.5) is 4.79 Å². The number of aromatic nitrogens is 1. The lowest BCUT2D eigenvalue weighted by Crippen LogP contribution is -2.48. The Morgan fingerprint density at radius 1 is 1.26 bits per heavy atom. The fraction of sp³-hybridized carbons (Fsp3) is 0.444. The third-order valence-electron chi connectivity index (χ3n) is 4.46. The first kappa shape index (κ1) is 19.5. The molecule has 2 atom stereocenters. The number of thiophene rings is 1. The summed E-state index contributed by atoms with van der Waals surface area (Å²) >= 11 is 2.86. The molecule has 7 nitrogen and oxygen atoms in total. The predicted octanol–water partition coefficient (Wildman–Crippen LogP) is 3.43. The van der Waals surface area contributed by atoms with Gasteiger partial charge in [0.15, 0.2) is 12.3 Å². The normalized spacial score (nSPS) is 19.3. The molecule has 0 spiro atoms. The smallest absolute Gasteiger partial charge is 0.358 e. The number of carbonyl (C=O) groups excluding carboxylic acids is 3. The Balaban J connectivity index is 1.43. The Labute approximate surface area is 165 Å². The van der Waals surface area contributed by atoms with E-state index in [1.54, 1.807) is 5.38 Å². The van der Waals surface area contributed by atoms with Crippen LogP contribution in [0.15, 0.2) is 22.9 Å². The highest BCUT2D eigenvalue weighted by atomic mass is 32.1. The molecule has 27 heavy (non-hydrogen) atoms. The van der Waals surface area contributed by atoms with Crippen molar-refractivity contribution in [2.45, 2.75) is 38.6 Å². The summed E-state index contributed by atoms with van der Waals surface area (Å²) in [6.07, 6.45) is 4.22. The molecule has 144 valence electrons. The third kappa shape index (κ3) is 5.36. The molecule has 2 aromatic rings. The third-order valence-corrected chi connectivity index (χ3v) is 6.34. The van der Waals surface area contributed by atoms with Crippen molar-refractivity contribution in [3.63, 3.8) is 0 Å². The molecule has 0 unspecified atom stereocenters. The van der Waals surface area contributed by atoms with Crippen LogP contribution in [0.25, 0.3) is 9.88 Å². The molecule has 9 heteroatoms. The minimum atomic E-state index is -0.689. The van der Waals surface area contributed by atoms with Crippen LogP contribution < -0.4 is 10.6 Å². The highest BCUT2D eigenvalue weighted by molar-refractivity contribution is 7.20. The minimum Gasteiger partial charge on any atom is -0.451 e. The van der Waals surface area contributed by atoms with Crippen LogP contribution in [0, 0.1) is 5.92 Å². The Kier molecular flexibility index (Phi) is 6.57. The van der Waals surface area contributed by atoms with Gasteiger partial charge in [-0.15, -0.1) is 22.7 Å². The Morgan fingerprint density at radius 2 is 2.07 bits per heavy atom. The molecule has 2 heterocycles. The SMILES string of the molecule is C[C@H]1CCCC[C@H]1NC(=O)NC(=O)COC(=O)c1csc(-c2cccs2)n1. The molecule has 0 aromatic carbocycles. The van der Waals surface area contributed by atoms with Crippen LogP contribution in [0.1, 0.15) is 43.1 Å². The summed E-state index contributed by atoms with van der Waals surface area (Å²) in [4.78, 5) is 41.0. The molecule has 0 aliphatic heterocycles. The standard InChI is InChI=1S/C18H21N3O4S2/c1-11-5-2-3-6-12(11)20-18(24)21-15(22)9-25-17(23)13-10-27-16(19-13)14-7-4-8-26-14/h4,7-8,10-12H,2-3,5-6,9H2,1H3,(H2,20,21,22,24)/t11-,12+/m0/s1. The van der Waals surface area contributed by atoms with Gasteiger partial charge in [-0.05, 0) is 30.2 Å². The van der Waals surface area contributed by atoms with E-state index in [4.69, 9.17) is 4.74 Å². The van der Waals surface area contributed by atoms with Gasteiger partial charge in [0.2, 0.25) is 0 Å². The number of esters is 1. The van der Waals surface area contributed by atoms with Gasteiger partial charge in [-0.1, -0.05) is 25.8 Å². The second-order valence-electron chi connectivity index (χ2n) is 6.48. The van der Waals surface area contributed by atoms with Gasteiger partial charge in [0.25, 0.3) is 5.91 Å². The topological polar surface area (TPSA) is 97.4 Å². The van der Waals surface area contributed by atoms with Gasteiger partial charge in [0, 0.05) is 11.4 Å². The average molecular weight is 408 g/mol. The maximum atomic E-state index is 12.0. The van der Waals surface area contributed by atoms with Crippen molar-refractivity contribution in [3.05, 3.63) is 28.6 Å². The zero-order chi connectivity index (χ0) is 19.2. The lowest BCUT2D eigenvalue weighted by Gasteiger charge is -2.29. The summed E-state index contributed by atoms with van der Waals surface area (Å²) in [5.74, 6) is -0.969. The molecular formula is C18H21N3O4S2. The monoisotopic (exact) mass is 407 g/mol. The molecule has 1 saturated carbocycles. The average Bonchev–Trinajstić information content (AvgIpc) is 3.33. The summed E-state index contributed by atoms with van der Waals surface area (Å²) in [5, 5.41) is 9.26. The van der Waals surface area contributed by atoms with Crippen molar-refractivity contribution >= 4 is 40.6 Å². The first-order valence-corrected chi connectivity index (χ1v) is 10.6. The number of ether oxygens (including phenoxy) is 1. The Hall–Kier alpha value is -2.26. The zero-order valence-corrected chi connectivity index (χ0v) is 16.5. The fourth-order valence-electron chi connectivity index (χ4n) is 2.98. The van der Waals surface area contributed by atoms with Crippen molar-refractivity contribution in [1.29, 1.82) is 0 Å². The number of thiazole rings is 1. The highest BCUT2D eigenvalue weighted by Crippen LogP contribution is 2.28. The van der Waals surface area contributed by atoms with E-state index < -0.39 is 24.5 Å². The van der Waals surface area contributed by atoms with Crippen LogP contribution >= 0.6 is 22.7 Å². The van der Waals surface area contributed by atoms with E-state index in [0.717, 1.165) is 29.1 Å². The Bertz CT molecular complexity index is 803. The number of imide groups is 1. The minimum absolute atomic E-state index is 0.0692. The Morgan fingerprint density at radius 3 is 2.81 bits per heavy atom. The van der Waals surface area contributed by atoms with E-state index in [9.17, 15) is 14.4 Å². The van der Waals surface area contributed by atoms with Gasteiger partial charge in [0.1, 0.15) is 5.01 Å². The van der Waals surface area contributed by atoms with Crippen LogP contribution in [-0.2, 0) is 9.53 Å². The lowest BCUT2D eigenvalue weighted by atomic mass is 9.86. The largest absolute Gasteiger partial charge is 0.451 e. The summed E-state index contributed by atoms with van der Waals surface area (Å²) in [6.45, 7) is 1.56. The molecule has 0 radical (unpaired) electrons. The van der Waals surface area contributed by atoms with Crippen molar-refractivity contribution in [2.24, 2.45) is 5.92 Å². The van der Waals surface area contributed by atoms with E-state index in [0.29, 0.717) is 5.92 Å². The van der Waals surface area contributed by atoms with E-state index in [2.05, 4.69) is 22.5 Å². The van der Waals surface area contributed by atoms with Gasteiger partial charge in [0.05, 0.1) is 4.88 Å². The number of hydrogen-bond donors (Lipinski definition) is 2. The maximum absolute atomic E-state index is 12.0. The summed E-state index contributed by atoms with van der Waals surface area (Å²) in [6, 6.07) is 3.34. The molecule has 0 bridgehead atoms. The van der Waals surface area contributed by atoms with Gasteiger partial charge >= 0.3 is 12.0 Å². The summed E-state index contributed by atoms with van der Waals surface area (Å²) < 4.78 is 4.95. The molecule has 3 amide bonds. The lowest BCUT2D eigenvalue weighted by molar-refractivity contribution is -0.123. The van der Waals surface area contributed by atoms with Gasteiger partial charge in [-0.3, -0.25) is 10.1 Å². The van der Waals surface area contributed by atoms with Crippen molar-refractivity contribution < 1.29 is 19.1 Å². The quantitative estimate of drug-likeness (QED) is 0.740. The number of amides is 3. The van der Waals surface area contributed by atoms with E-state index in [1.165, 1.54) is 29.1 Å². The zero-order valence-electron chi connectivity index (χ0n) is 14.9. The molecule has 2 N–H and O–H groups in total. The molecular weight excluding hydrogens is 386 g/mol. The molecule has 0 saturated heterocycles. The van der Waals surface area contributed by atoms with Crippen molar-refractivity contribution in [3.8, 4) is 9.88 Å². The number of nitrogens with zero attached hydrogens (tertiary/aromatic N) is 1. The first-order chi connectivity index (χ1) is 13.0. The van der Waals surface area contributed by atoms with Crippen LogP contribution in [0.5, 0.6) is 0 Å². The van der Waals surface area contributed by atoms with Gasteiger partial charge in [-0.2, -0.15) is 0 Å². The molecule has 1 aliphatic rings. The molecule has 3 rings (SSSR count). The van der Waals surface area contributed by atoms with Crippen LogP contribution in [-0.4, -0.2) is 35.5 Å². The molecule has 1 aliphatic carbocycles. The summed E-state index contributed by atoms with van der Waals surface area (Å²) in [7, 11) is 0. The van der Waals surface area contributed by atoms with Crippen LogP contribution in [0.2, 0.25) is 0 Å². The van der Waals surface area contributed by atoms with Crippen molar-refractivity contribution in [2.75, 3.05) is 6.61 Å². The second-order valence-corrected chi connectivity index (χ2v) is 8.29.